The second-order valence-electron chi connectivity index (χ2n) is 8.23. The molecule has 0 saturated carbocycles. The molecule has 0 bridgehead atoms. The fourth-order valence-electron chi connectivity index (χ4n) is 4.28. The summed E-state index contributed by atoms with van der Waals surface area (Å²) in [5, 5.41) is 16.3. The quantitative estimate of drug-likeness (QED) is 0.312. The van der Waals surface area contributed by atoms with E-state index in [4.69, 9.17) is 4.74 Å². The van der Waals surface area contributed by atoms with E-state index < -0.39 is 28.2 Å². The van der Waals surface area contributed by atoms with Crippen LogP contribution in [0.25, 0.3) is 0 Å². The summed E-state index contributed by atoms with van der Waals surface area (Å²) in [5.41, 5.74) is -0.971. The molecule has 13 heteroatoms. The topological polar surface area (TPSA) is 177 Å². The molecule has 1 saturated heterocycles. The number of H-pyrrole nitrogens is 1. The van der Waals surface area contributed by atoms with Gasteiger partial charge in [0.1, 0.15) is 11.5 Å². The lowest BCUT2D eigenvalue weighted by Crippen LogP contribution is -2.41. The molecule has 1 aromatic carbocycles. The van der Waals surface area contributed by atoms with Gasteiger partial charge in [0.15, 0.2) is 0 Å². The normalized spacial score (nSPS) is 17.8. The largest absolute Gasteiger partial charge is 0.466 e. The highest BCUT2D eigenvalue weighted by Crippen LogP contribution is 2.32. The lowest BCUT2D eigenvalue weighted by Gasteiger charge is -2.32. The molecular weight excluding hydrogens is 460 g/mol. The molecule has 13 nitrogen and oxygen atoms in total. The van der Waals surface area contributed by atoms with Crippen molar-refractivity contribution < 1.29 is 24.0 Å². The molecule has 2 aliphatic rings. The number of fused-ring (bicyclic) bond motifs is 1. The number of aromatic amines is 1. The van der Waals surface area contributed by atoms with Gasteiger partial charge in [-0.25, -0.2) is 0 Å². The maximum Gasteiger partial charge on any atom is 0.309 e. The van der Waals surface area contributed by atoms with E-state index in [1.165, 1.54) is 24.3 Å². The summed E-state index contributed by atoms with van der Waals surface area (Å²) in [7, 11) is 0. The lowest BCUT2D eigenvalue weighted by molar-refractivity contribution is -0.383. The molecule has 2 amide bonds. The number of anilines is 3. The smallest absolute Gasteiger partial charge is 0.309 e. The van der Waals surface area contributed by atoms with Crippen LogP contribution < -0.4 is 21.1 Å². The van der Waals surface area contributed by atoms with Gasteiger partial charge in [-0.1, -0.05) is 12.1 Å². The Morgan fingerprint density at radius 3 is 2.66 bits per heavy atom. The highest BCUT2D eigenvalue weighted by molar-refractivity contribution is 6.05. The van der Waals surface area contributed by atoms with E-state index in [-0.39, 0.29) is 47.0 Å². The molecule has 1 aromatic heterocycles. The lowest BCUT2D eigenvalue weighted by atomic mass is 9.92. The van der Waals surface area contributed by atoms with Crippen molar-refractivity contribution >= 4 is 40.9 Å². The number of hydrogen-bond acceptors (Lipinski definition) is 9. The third-order valence-corrected chi connectivity index (χ3v) is 6.03. The summed E-state index contributed by atoms with van der Waals surface area (Å²) in [6.07, 6.45) is 0.730. The van der Waals surface area contributed by atoms with Crippen molar-refractivity contribution in [2.45, 2.75) is 32.1 Å². The van der Waals surface area contributed by atoms with Crippen LogP contribution in [0.1, 0.15) is 37.7 Å². The first-order valence-corrected chi connectivity index (χ1v) is 11.2. The van der Waals surface area contributed by atoms with Gasteiger partial charge >= 0.3 is 5.97 Å². The molecular formula is C22H24N6O7. The number of benzene rings is 1. The highest BCUT2D eigenvalue weighted by atomic mass is 16.6. The van der Waals surface area contributed by atoms with Gasteiger partial charge in [0.25, 0.3) is 11.2 Å². The number of carbonyl (C=O) groups excluding carboxylic acids is 3. The molecule has 0 radical (unpaired) electrons. The number of para-hydroxylation sites is 2. The van der Waals surface area contributed by atoms with Gasteiger partial charge in [0.2, 0.25) is 17.8 Å². The summed E-state index contributed by atoms with van der Waals surface area (Å²) in [5.74, 6) is -2.72. The Labute approximate surface area is 199 Å². The Balaban J connectivity index is 1.56. The van der Waals surface area contributed by atoms with Gasteiger partial charge < -0.3 is 20.3 Å². The average molecular weight is 484 g/mol. The Hall–Kier alpha value is -4.29. The van der Waals surface area contributed by atoms with Gasteiger partial charge in [-0.15, -0.1) is 0 Å². The highest BCUT2D eigenvalue weighted by Gasteiger charge is 2.36. The molecule has 3 heterocycles. The third-order valence-electron chi connectivity index (χ3n) is 6.03. The van der Waals surface area contributed by atoms with E-state index in [0.29, 0.717) is 32.5 Å². The fourth-order valence-corrected chi connectivity index (χ4v) is 4.28. The maximum atomic E-state index is 13.0. The average Bonchev–Trinajstić information content (AvgIpc) is 2.83. The first-order chi connectivity index (χ1) is 16.8. The number of carbonyl (C=O) groups is 3. The number of ether oxygens (including phenoxy) is 1. The van der Waals surface area contributed by atoms with E-state index in [1.807, 2.05) is 0 Å². The number of esters is 1. The Morgan fingerprint density at radius 2 is 1.97 bits per heavy atom. The van der Waals surface area contributed by atoms with Gasteiger partial charge in [-0.2, -0.15) is 4.98 Å². The van der Waals surface area contributed by atoms with Crippen LogP contribution >= 0.6 is 0 Å². The third kappa shape index (κ3) is 4.98. The van der Waals surface area contributed by atoms with E-state index in [0.717, 1.165) is 0 Å². The zero-order valence-corrected chi connectivity index (χ0v) is 18.9. The van der Waals surface area contributed by atoms with Crippen LogP contribution in [0.3, 0.4) is 0 Å². The molecule has 184 valence electrons. The van der Waals surface area contributed by atoms with Crippen LogP contribution in [0.15, 0.2) is 29.1 Å². The fraction of sp³-hybridized carbons (Fsp3) is 0.409. The molecule has 2 aliphatic heterocycles. The standard InChI is InChI=1S/C22H24N6O7/c1-2-35-21(32)12-7-9-27(10-8-12)22-25-18-17(20(31)26-22)13(11-16(29)24-18)19(30)23-14-5-3-4-6-15(14)28(33)34/h3-6,12-13H,2,7-11H2,1H3,(H,23,30)(H2,24,25,26,29,31). The van der Waals surface area contributed by atoms with Crippen molar-refractivity contribution in [1.29, 1.82) is 0 Å². The van der Waals surface area contributed by atoms with E-state index in [1.54, 1.807) is 11.8 Å². The van der Waals surface area contributed by atoms with Gasteiger partial charge in [-0.3, -0.25) is 34.3 Å². The summed E-state index contributed by atoms with van der Waals surface area (Å²) < 4.78 is 5.07. The summed E-state index contributed by atoms with van der Waals surface area (Å²) >= 11 is 0. The first kappa shape index (κ1) is 23.9. The number of hydrogen-bond donors (Lipinski definition) is 3. The molecule has 1 atom stereocenters. The van der Waals surface area contributed by atoms with Crippen molar-refractivity contribution in [3.63, 3.8) is 0 Å². The van der Waals surface area contributed by atoms with Crippen LogP contribution in [0.2, 0.25) is 0 Å². The van der Waals surface area contributed by atoms with Crippen LogP contribution in [0.4, 0.5) is 23.1 Å². The number of piperidine rings is 1. The predicted molar refractivity (Wildman–Crippen MR) is 124 cm³/mol. The number of amides is 2. The summed E-state index contributed by atoms with van der Waals surface area (Å²) in [6, 6.07) is 5.59. The monoisotopic (exact) mass is 484 g/mol. The Morgan fingerprint density at radius 1 is 1.26 bits per heavy atom. The van der Waals surface area contributed by atoms with E-state index in [2.05, 4.69) is 20.6 Å². The number of nitro groups is 1. The van der Waals surface area contributed by atoms with Crippen molar-refractivity contribution in [3.8, 4) is 0 Å². The van der Waals surface area contributed by atoms with E-state index >= 15 is 0 Å². The van der Waals surface area contributed by atoms with E-state index in [9.17, 15) is 29.3 Å². The minimum absolute atomic E-state index is 0.0224. The molecule has 1 unspecified atom stereocenters. The maximum absolute atomic E-state index is 13.0. The zero-order chi connectivity index (χ0) is 25.1. The number of nitrogens with one attached hydrogen (secondary N) is 3. The SMILES string of the molecule is CCOC(=O)C1CCN(c2nc3c(c(=O)[nH]2)C(C(=O)Nc2ccccc2[N+](=O)[O-])CC(=O)N3)CC1. The number of rotatable bonds is 6. The van der Waals surface area contributed by atoms with Crippen molar-refractivity contribution in [2.75, 3.05) is 35.2 Å². The second-order valence-corrected chi connectivity index (χ2v) is 8.23. The van der Waals surface area contributed by atoms with Crippen molar-refractivity contribution in [1.82, 2.24) is 9.97 Å². The summed E-state index contributed by atoms with van der Waals surface area (Å²) in [6.45, 7) is 2.95. The number of nitrogens with zero attached hydrogens (tertiary/aromatic N) is 3. The molecule has 35 heavy (non-hydrogen) atoms. The van der Waals surface area contributed by atoms with Crippen LogP contribution in [-0.4, -0.2) is 52.4 Å². The predicted octanol–water partition coefficient (Wildman–Crippen LogP) is 1.52. The molecule has 0 aliphatic carbocycles. The first-order valence-electron chi connectivity index (χ1n) is 11.2. The van der Waals surface area contributed by atoms with Crippen LogP contribution in [0.5, 0.6) is 0 Å². The van der Waals surface area contributed by atoms with Gasteiger partial charge in [0, 0.05) is 25.6 Å². The van der Waals surface area contributed by atoms with Crippen molar-refractivity contribution in [2.24, 2.45) is 5.92 Å². The molecule has 4 rings (SSSR count). The van der Waals surface area contributed by atoms with Crippen LogP contribution in [0, 0.1) is 16.0 Å². The Kier molecular flexibility index (Phi) is 6.75. The van der Waals surface area contributed by atoms with Crippen LogP contribution in [-0.2, 0) is 19.1 Å². The zero-order valence-electron chi connectivity index (χ0n) is 18.9. The summed E-state index contributed by atoms with van der Waals surface area (Å²) in [4.78, 5) is 69.8. The second kappa shape index (κ2) is 9.91. The molecule has 3 N–H and O–H groups in total. The number of aromatic nitrogens is 2. The minimum Gasteiger partial charge on any atom is -0.466 e. The Bertz CT molecular complexity index is 1240. The minimum atomic E-state index is -1.18. The van der Waals surface area contributed by atoms with Gasteiger partial charge in [-0.05, 0) is 25.8 Å². The molecule has 1 fully saturated rings. The number of nitro benzene ring substituents is 1. The molecule has 0 spiro atoms. The van der Waals surface area contributed by atoms with Gasteiger partial charge in [0.05, 0.1) is 28.9 Å². The van der Waals surface area contributed by atoms with Crippen molar-refractivity contribution in [3.05, 3.63) is 50.3 Å². The molecule has 2 aromatic rings.